The van der Waals surface area contributed by atoms with Crippen molar-refractivity contribution in [2.75, 3.05) is 0 Å². The Morgan fingerprint density at radius 1 is 1.25 bits per heavy atom. The van der Waals surface area contributed by atoms with Gasteiger partial charge in [0.15, 0.2) is 5.67 Å². The van der Waals surface area contributed by atoms with Crippen molar-refractivity contribution in [2.24, 2.45) is 17.4 Å². The van der Waals surface area contributed by atoms with Crippen LogP contribution in [0.25, 0.3) is 0 Å². The zero-order valence-corrected chi connectivity index (χ0v) is 15.8. The smallest absolute Gasteiger partial charge is 0.254 e. The van der Waals surface area contributed by atoms with Crippen LogP contribution in [-0.4, -0.2) is 28.7 Å². The molecule has 0 saturated heterocycles. The molecule has 0 saturated carbocycles. The minimum absolute atomic E-state index is 0.0753. The van der Waals surface area contributed by atoms with Crippen LogP contribution in [0.1, 0.15) is 38.2 Å². The van der Waals surface area contributed by atoms with Gasteiger partial charge in [0.1, 0.15) is 0 Å². The molecule has 134 valence electrons. The first-order chi connectivity index (χ1) is 11.1. The minimum atomic E-state index is -2.18. The van der Waals surface area contributed by atoms with Gasteiger partial charge in [-0.2, -0.15) is 0 Å². The SMILES string of the molecule is CC(F)(CC[C@H](C[C@@H](O)CCc1ccc(I)cc1)C(N)=O)C(N)=O. The van der Waals surface area contributed by atoms with Crippen LogP contribution in [0.2, 0.25) is 0 Å². The summed E-state index contributed by atoms with van der Waals surface area (Å²) in [4.78, 5) is 22.5. The van der Waals surface area contributed by atoms with Gasteiger partial charge in [-0.05, 0) is 79.3 Å². The van der Waals surface area contributed by atoms with Gasteiger partial charge in [0.25, 0.3) is 5.91 Å². The molecule has 1 unspecified atom stereocenters. The minimum Gasteiger partial charge on any atom is -0.393 e. The van der Waals surface area contributed by atoms with Crippen LogP contribution in [-0.2, 0) is 16.0 Å². The molecule has 5 N–H and O–H groups in total. The molecule has 3 atom stereocenters. The van der Waals surface area contributed by atoms with E-state index in [-0.39, 0.29) is 19.3 Å². The number of amides is 2. The Morgan fingerprint density at radius 2 is 1.83 bits per heavy atom. The van der Waals surface area contributed by atoms with Gasteiger partial charge < -0.3 is 16.6 Å². The Labute approximate surface area is 155 Å². The molecule has 0 aliphatic heterocycles. The molecule has 0 radical (unpaired) electrons. The quantitative estimate of drug-likeness (QED) is 0.475. The monoisotopic (exact) mass is 450 g/mol. The largest absolute Gasteiger partial charge is 0.393 e. The van der Waals surface area contributed by atoms with Crippen LogP contribution < -0.4 is 11.5 Å². The summed E-state index contributed by atoms with van der Waals surface area (Å²) in [6.07, 6.45) is 0.458. The van der Waals surface area contributed by atoms with Gasteiger partial charge in [-0.1, -0.05) is 12.1 Å². The summed E-state index contributed by atoms with van der Waals surface area (Å²) < 4.78 is 15.0. The Bertz CT molecular complexity index is 563. The molecule has 0 aromatic heterocycles. The van der Waals surface area contributed by atoms with Gasteiger partial charge in [-0.3, -0.25) is 9.59 Å². The number of hydrogen-bond donors (Lipinski definition) is 3. The molecule has 0 spiro atoms. The number of primary amides is 2. The van der Waals surface area contributed by atoms with Gasteiger partial charge in [0.2, 0.25) is 5.91 Å². The van der Waals surface area contributed by atoms with E-state index in [2.05, 4.69) is 22.6 Å². The van der Waals surface area contributed by atoms with E-state index in [1.807, 2.05) is 24.3 Å². The fourth-order valence-electron chi connectivity index (χ4n) is 2.38. The van der Waals surface area contributed by atoms with Crippen molar-refractivity contribution in [3.8, 4) is 0 Å². The zero-order valence-electron chi connectivity index (χ0n) is 13.7. The summed E-state index contributed by atoms with van der Waals surface area (Å²) in [6.45, 7) is 1.08. The topological polar surface area (TPSA) is 106 Å². The van der Waals surface area contributed by atoms with E-state index in [4.69, 9.17) is 11.5 Å². The summed E-state index contributed by atoms with van der Waals surface area (Å²) in [5, 5.41) is 10.1. The zero-order chi connectivity index (χ0) is 18.3. The lowest BCUT2D eigenvalue weighted by Gasteiger charge is -2.21. The summed E-state index contributed by atoms with van der Waals surface area (Å²) in [7, 11) is 0. The Kier molecular flexibility index (Phi) is 8.08. The number of alkyl halides is 1. The number of aliphatic hydroxyl groups excluding tert-OH is 1. The molecule has 7 heteroatoms. The highest BCUT2D eigenvalue weighted by Gasteiger charge is 2.32. The van der Waals surface area contributed by atoms with E-state index in [0.29, 0.717) is 12.8 Å². The van der Waals surface area contributed by atoms with Crippen molar-refractivity contribution >= 4 is 34.4 Å². The number of aryl methyl sites for hydroxylation is 1. The van der Waals surface area contributed by atoms with Crippen LogP contribution in [0, 0.1) is 9.49 Å². The van der Waals surface area contributed by atoms with Crippen molar-refractivity contribution < 1.29 is 19.1 Å². The number of benzene rings is 1. The highest BCUT2D eigenvalue weighted by Crippen LogP contribution is 2.24. The lowest BCUT2D eigenvalue weighted by molar-refractivity contribution is -0.130. The van der Waals surface area contributed by atoms with Crippen LogP contribution in [0.5, 0.6) is 0 Å². The molecular weight excluding hydrogens is 426 g/mol. The number of aliphatic hydroxyl groups is 1. The Morgan fingerprint density at radius 3 is 2.33 bits per heavy atom. The average molecular weight is 450 g/mol. The van der Waals surface area contributed by atoms with Crippen molar-refractivity contribution in [2.45, 2.75) is 50.8 Å². The first-order valence-corrected chi connectivity index (χ1v) is 8.90. The van der Waals surface area contributed by atoms with Crippen LogP contribution in [0.4, 0.5) is 4.39 Å². The van der Waals surface area contributed by atoms with Crippen molar-refractivity contribution in [3.63, 3.8) is 0 Å². The summed E-state index contributed by atoms with van der Waals surface area (Å²) in [5.41, 5.74) is 9.21. The lowest BCUT2D eigenvalue weighted by Crippen LogP contribution is -2.38. The second-order valence-electron chi connectivity index (χ2n) is 6.25. The molecule has 0 bridgehead atoms. The van der Waals surface area contributed by atoms with E-state index in [1.54, 1.807) is 0 Å². The van der Waals surface area contributed by atoms with Crippen LogP contribution >= 0.6 is 22.6 Å². The van der Waals surface area contributed by atoms with Crippen molar-refractivity contribution in [3.05, 3.63) is 33.4 Å². The highest BCUT2D eigenvalue weighted by molar-refractivity contribution is 14.1. The van der Waals surface area contributed by atoms with Gasteiger partial charge >= 0.3 is 0 Å². The van der Waals surface area contributed by atoms with Gasteiger partial charge in [0.05, 0.1) is 6.10 Å². The van der Waals surface area contributed by atoms with Gasteiger partial charge in [-0.15, -0.1) is 0 Å². The standard InChI is InChI=1S/C17H24FIN2O3/c1-17(18,16(21)24)9-8-12(15(20)23)10-14(22)7-4-11-2-5-13(19)6-3-11/h2-3,5-6,12,14,22H,4,7-10H2,1H3,(H2,20,23)(H2,21,24)/t12-,14+,17?/m1/s1. The fourth-order valence-corrected chi connectivity index (χ4v) is 2.73. The molecule has 24 heavy (non-hydrogen) atoms. The number of hydrogen-bond acceptors (Lipinski definition) is 3. The predicted octanol–water partition coefficient (Wildman–Crippen LogP) is 2.07. The number of nitrogens with two attached hydrogens (primary N) is 2. The number of carbonyl (C=O) groups excluding carboxylic acids is 2. The Balaban J connectivity index is 2.50. The maximum absolute atomic E-state index is 13.9. The molecule has 1 aromatic rings. The number of rotatable bonds is 10. The highest BCUT2D eigenvalue weighted by atomic mass is 127. The van der Waals surface area contributed by atoms with E-state index in [0.717, 1.165) is 16.1 Å². The first kappa shape index (κ1) is 20.8. The number of halogens is 2. The Hall–Kier alpha value is -1.22. The third-order valence-corrected chi connectivity index (χ3v) is 4.83. The van der Waals surface area contributed by atoms with Crippen molar-refractivity contribution in [1.82, 2.24) is 0 Å². The summed E-state index contributed by atoms with van der Waals surface area (Å²) >= 11 is 2.22. The molecule has 1 rings (SSSR count). The normalized spacial score (nSPS) is 16.2. The summed E-state index contributed by atoms with van der Waals surface area (Å²) in [6, 6.07) is 7.95. The lowest BCUT2D eigenvalue weighted by atomic mass is 9.89. The van der Waals surface area contributed by atoms with Crippen molar-refractivity contribution in [1.29, 1.82) is 0 Å². The van der Waals surface area contributed by atoms with Crippen LogP contribution in [0.15, 0.2) is 24.3 Å². The molecule has 0 aliphatic rings. The number of carbonyl (C=O) groups is 2. The maximum atomic E-state index is 13.9. The van der Waals surface area contributed by atoms with E-state index >= 15 is 0 Å². The third-order valence-electron chi connectivity index (χ3n) is 4.11. The second kappa shape index (κ2) is 9.31. The van der Waals surface area contributed by atoms with E-state index in [1.165, 1.54) is 0 Å². The molecular formula is C17H24FIN2O3. The van der Waals surface area contributed by atoms with Crippen LogP contribution in [0.3, 0.4) is 0 Å². The average Bonchev–Trinajstić information content (AvgIpc) is 2.50. The van der Waals surface area contributed by atoms with Gasteiger partial charge in [-0.25, -0.2) is 4.39 Å². The molecule has 2 amide bonds. The molecule has 0 aliphatic carbocycles. The molecule has 0 heterocycles. The van der Waals surface area contributed by atoms with Gasteiger partial charge in [0, 0.05) is 9.49 Å². The third kappa shape index (κ3) is 7.12. The maximum Gasteiger partial charge on any atom is 0.254 e. The first-order valence-electron chi connectivity index (χ1n) is 7.82. The van der Waals surface area contributed by atoms with E-state index < -0.39 is 29.5 Å². The predicted molar refractivity (Wildman–Crippen MR) is 98.7 cm³/mol. The molecule has 1 aromatic carbocycles. The summed E-state index contributed by atoms with van der Waals surface area (Å²) in [5.74, 6) is -2.36. The molecule has 5 nitrogen and oxygen atoms in total. The molecule has 0 fully saturated rings. The fraction of sp³-hybridized carbons (Fsp3) is 0.529. The van der Waals surface area contributed by atoms with E-state index in [9.17, 15) is 19.1 Å². The second-order valence-corrected chi connectivity index (χ2v) is 7.50.